The number of aromatic nitrogens is 1. The summed E-state index contributed by atoms with van der Waals surface area (Å²) in [6.07, 6.45) is 0.274. The monoisotopic (exact) mass is 357 g/mol. The zero-order valence-electron chi connectivity index (χ0n) is 12.9. The van der Waals surface area contributed by atoms with E-state index in [4.69, 9.17) is 16.9 Å². The van der Waals surface area contributed by atoms with Gasteiger partial charge in [-0.1, -0.05) is 17.7 Å². The molecule has 0 aliphatic carbocycles. The van der Waals surface area contributed by atoms with Crippen LogP contribution in [0.1, 0.15) is 5.56 Å². The van der Waals surface area contributed by atoms with Crippen molar-refractivity contribution >= 4 is 34.1 Å². The molecule has 0 unspecified atom stereocenters. The van der Waals surface area contributed by atoms with Crippen LogP contribution in [0.5, 0.6) is 0 Å². The SMILES string of the molecule is N#Cc1ccc(NC(=O)[C@@H](O)Cn2ccc3c(F)cccc32)cc1Cl. The van der Waals surface area contributed by atoms with Crippen LogP contribution in [0.15, 0.2) is 48.7 Å². The van der Waals surface area contributed by atoms with E-state index in [1.54, 1.807) is 29.0 Å². The number of nitrogens with zero attached hydrogens (tertiary/aromatic N) is 2. The van der Waals surface area contributed by atoms with Gasteiger partial charge in [0.15, 0.2) is 6.10 Å². The molecular formula is C18H13ClFN3O2. The Kier molecular flexibility index (Phi) is 4.70. The number of hydrogen-bond acceptors (Lipinski definition) is 3. The molecule has 1 atom stereocenters. The van der Waals surface area contributed by atoms with Gasteiger partial charge in [-0.3, -0.25) is 4.79 Å². The Hall–Kier alpha value is -2.88. The highest BCUT2D eigenvalue weighted by Gasteiger charge is 2.17. The lowest BCUT2D eigenvalue weighted by molar-refractivity contribution is -0.124. The highest BCUT2D eigenvalue weighted by atomic mass is 35.5. The number of rotatable bonds is 4. The number of carbonyl (C=O) groups is 1. The predicted molar refractivity (Wildman–Crippen MR) is 92.7 cm³/mol. The molecule has 126 valence electrons. The molecule has 0 aliphatic heterocycles. The van der Waals surface area contributed by atoms with E-state index >= 15 is 0 Å². The maximum absolute atomic E-state index is 13.7. The second-order valence-electron chi connectivity index (χ2n) is 5.45. The molecule has 5 nitrogen and oxygen atoms in total. The number of nitrogens with one attached hydrogen (secondary N) is 1. The summed E-state index contributed by atoms with van der Waals surface area (Å²) in [6, 6.07) is 12.6. The van der Waals surface area contributed by atoms with Gasteiger partial charge in [0.1, 0.15) is 11.9 Å². The highest BCUT2D eigenvalue weighted by Crippen LogP contribution is 2.21. The van der Waals surface area contributed by atoms with Crippen LogP contribution in [-0.2, 0) is 11.3 Å². The Balaban J connectivity index is 1.73. The Morgan fingerprint density at radius 3 is 2.88 bits per heavy atom. The molecule has 0 saturated heterocycles. The third kappa shape index (κ3) is 3.48. The summed E-state index contributed by atoms with van der Waals surface area (Å²) >= 11 is 5.91. The second-order valence-corrected chi connectivity index (χ2v) is 5.86. The number of benzene rings is 2. The van der Waals surface area contributed by atoms with Crippen molar-refractivity contribution in [2.75, 3.05) is 5.32 Å². The minimum atomic E-state index is -1.34. The maximum atomic E-state index is 13.7. The van der Waals surface area contributed by atoms with Crippen molar-refractivity contribution in [1.29, 1.82) is 5.26 Å². The van der Waals surface area contributed by atoms with Gasteiger partial charge in [0.05, 0.1) is 22.6 Å². The number of anilines is 1. The van der Waals surface area contributed by atoms with E-state index in [2.05, 4.69) is 5.32 Å². The largest absolute Gasteiger partial charge is 0.381 e. The summed E-state index contributed by atoms with van der Waals surface area (Å²) in [7, 11) is 0. The minimum absolute atomic E-state index is 0.0250. The van der Waals surface area contributed by atoms with Gasteiger partial charge in [0.25, 0.3) is 5.91 Å². The van der Waals surface area contributed by atoms with E-state index in [1.807, 2.05) is 6.07 Å². The second kappa shape index (κ2) is 6.93. The lowest BCUT2D eigenvalue weighted by Crippen LogP contribution is -2.31. The van der Waals surface area contributed by atoms with Gasteiger partial charge in [-0.2, -0.15) is 5.26 Å². The minimum Gasteiger partial charge on any atom is -0.381 e. The molecule has 7 heteroatoms. The quantitative estimate of drug-likeness (QED) is 0.752. The fraction of sp³-hybridized carbons (Fsp3) is 0.111. The van der Waals surface area contributed by atoms with Crippen LogP contribution in [0.2, 0.25) is 5.02 Å². The van der Waals surface area contributed by atoms with Gasteiger partial charge in [-0.15, -0.1) is 0 Å². The third-order valence-electron chi connectivity index (χ3n) is 3.79. The average molecular weight is 358 g/mol. The lowest BCUT2D eigenvalue weighted by Gasteiger charge is -2.13. The molecule has 2 N–H and O–H groups in total. The van der Waals surface area contributed by atoms with Crippen LogP contribution in [0.3, 0.4) is 0 Å². The highest BCUT2D eigenvalue weighted by molar-refractivity contribution is 6.32. The normalized spacial score (nSPS) is 11.9. The summed E-state index contributed by atoms with van der Waals surface area (Å²) in [5.41, 5.74) is 1.26. The Bertz CT molecular complexity index is 994. The number of carbonyl (C=O) groups excluding carboxylic acids is 1. The van der Waals surface area contributed by atoms with Crippen molar-refractivity contribution < 1.29 is 14.3 Å². The Morgan fingerprint density at radius 1 is 1.36 bits per heavy atom. The van der Waals surface area contributed by atoms with Crippen molar-refractivity contribution in [2.24, 2.45) is 0 Å². The van der Waals surface area contributed by atoms with Crippen LogP contribution in [0, 0.1) is 17.1 Å². The van der Waals surface area contributed by atoms with E-state index in [0.29, 0.717) is 22.2 Å². The van der Waals surface area contributed by atoms with E-state index in [0.717, 1.165) is 0 Å². The number of fused-ring (bicyclic) bond motifs is 1. The smallest absolute Gasteiger partial charge is 0.255 e. The van der Waals surface area contributed by atoms with Crippen LogP contribution < -0.4 is 5.32 Å². The van der Waals surface area contributed by atoms with Gasteiger partial charge in [-0.05, 0) is 36.4 Å². The molecule has 25 heavy (non-hydrogen) atoms. The molecule has 2 aromatic carbocycles. The van der Waals surface area contributed by atoms with Gasteiger partial charge < -0.3 is 15.0 Å². The molecule has 1 aromatic heterocycles. The number of hydrogen-bond donors (Lipinski definition) is 2. The molecule has 3 rings (SSSR count). The summed E-state index contributed by atoms with van der Waals surface area (Å²) < 4.78 is 15.3. The molecule has 0 spiro atoms. The maximum Gasteiger partial charge on any atom is 0.255 e. The van der Waals surface area contributed by atoms with Crippen molar-refractivity contribution in [3.8, 4) is 6.07 Å². The summed E-state index contributed by atoms with van der Waals surface area (Å²) in [5.74, 6) is -0.985. The number of amides is 1. The molecule has 0 radical (unpaired) electrons. The first-order valence-electron chi connectivity index (χ1n) is 7.41. The fourth-order valence-electron chi connectivity index (χ4n) is 2.52. The van der Waals surface area contributed by atoms with Crippen molar-refractivity contribution in [1.82, 2.24) is 4.57 Å². The molecule has 1 heterocycles. The van der Waals surface area contributed by atoms with Crippen LogP contribution in [-0.4, -0.2) is 21.7 Å². The van der Waals surface area contributed by atoms with Gasteiger partial charge in [0, 0.05) is 17.3 Å². The first-order chi connectivity index (χ1) is 12.0. The molecular weight excluding hydrogens is 345 g/mol. The number of aliphatic hydroxyl groups excluding tert-OH is 1. The fourth-order valence-corrected chi connectivity index (χ4v) is 2.75. The van der Waals surface area contributed by atoms with Crippen molar-refractivity contribution in [2.45, 2.75) is 12.6 Å². The topological polar surface area (TPSA) is 78.1 Å². The van der Waals surface area contributed by atoms with Gasteiger partial charge >= 0.3 is 0 Å². The van der Waals surface area contributed by atoms with E-state index in [1.165, 1.54) is 24.3 Å². The van der Waals surface area contributed by atoms with Crippen LogP contribution in [0.4, 0.5) is 10.1 Å². The first kappa shape index (κ1) is 17.0. The van der Waals surface area contributed by atoms with Crippen molar-refractivity contribution in [3.63, 3.8) is 0 Å². The molecule has 1 amide bonds. The molecule has 0 saturated carbocycles. The van der Waals surface area contributed by atoms with E-state index in [9.17, 15) is 14.3 Å². The third-order valence-corrected chi connectivity index (χ3v) is 4.10. The number of halogens is 2. The summed E-state index contributed by atoms with van der Waals surface area (Å²) in [4.78, 5) is 12.2. The zero-order chi connectivity index (χ0) is 18.0. The first-order valence-corrected chi connectivity index (χ1v) is 7.79. The Morgan fingerprint density at radius 2 is 2.16 bits per heavy atom. The molecule has 3 aromatic rings. The van der Waals surface area contributed by atoms with Gasteiger partial charge in [0.2, 0.25) is 0 Å². The number of aliphatic hydroxyl groups is 1. The Labute approximate surface area is 147 Å². The molecule has 0 aliphatic rings. The summed E-state index contributed by atoms with van der Waals surface area (Å²) in [5, 5.41) is 22.1. The standard InChI is InChI=1S/C18H13ClFN3O2/c19-14-8-12(5-4-11(14)9-21)22-18(25)17(24)10-23-7-6-13-15(20)2-1-3-16(13)23/h1-8,17,24H,10H2,(H,22,25)/t17-/m0/s1. The van der Waals surface area contributed by atoms with E-state index in [-0.39, 0.29) is 17.4 Å². The molecule has 0 bridgehead atoms. The van der Waals surface area contributed by atoms with Gasteiger partial charge in [-0.25, -0.2) is 4.39 Å². The van der Waals surface area contributed by atoms with Crippen LogP contribution in [0.25, 0.3) is 10.9 Å². The molecule has 0 fully saturated rings. The average Bonchev–Trinajstić information content (AvgIpc) is 2.99. The number of nitriles is 1. The predicted octanol–water partition coefficient (Wildman–Crippen LogP) is 3.31. The zero-order valence-corrected chi connectivity index (χ0v) is 13.7. The van der Waals surface area contributed by atoms with Crippen LogP contribution >= 0.6 is 11.6 Å². The lowest BCUT2D eigenvalue weighted by atomic mass is 10.2. The van der Waals surface area contributed by atoms with Crippen molar-refractivity contribution in [3.05, 3.63) is 65.1 Å². The summed E-state index contributed by atoms with van der Waals surface area (Å²) in [6.45, 7) is -0.0250. The van der Waals surface area contributed by atoms with E-state index < -0.39 is 12.0 Å².